The first-order valence-electron chi connectivity index (χ1n) is 8.30. The summed E-state index contributed by atoms with van der Waals surface area (Å²) in [5, 5.41) is 0. The fraction of sp³-hybridized carbons (Fsp3) is 1.00. The summed E-state index contributed by atoms with van der Waals surface area (Å²) >= 11 is 0. The highest BCUT2D eigenvalue weighted by Gasteiger charge is 2.39. The highest BCUT2D eigenvalue weighted by Crippen LogP contribution is 2.37. The molecular weight excluding hydrogens is 270 g/mol. The molecule has 0 aromatic carbocycles. The summed E-state index contributed by atoms with van der Waals surface area (Å²) < 4.78 is 22.1. The minimum atomic E-state index is 0.105. The molecule has 0 amide bonds. The van der Waals surface area contributed by atoms with Gasteiger partial charge in [0.15, 0.2) is 0 Å². The van der Waals surface area contributed by atoms with Gasteiger partial charge in [0.25, 0.3) is 0 Å². The molecule has 5 nitrogen and oxygen atoms in total. The fourth-order valence-electron chi connectivity index (χ4n) is 2.58. The van der Waals surface area contributed by atoms with Gasteiger partial charge in [0.2, 0.25) is 0 Å². The first-order valence-corrected chi connectivity index (χ1v) is 8.30. The molecule has 1 rings (SSSR count). The third kappa shape index (κ3) is 7.06. The van der Waals surface area contributed by atoms with Crippen LogP contribution in [0.3, 0.4) is 0 Å². The third-order valence-electron chi connectivity index (χ3n) is 4.37. The van der Waals surface area contributed by atoms with E-state index in [4.69, 9.17) is 24.7 Å². The van der Waals surface area contributed by atoms with Gasteiger partial charge in [-0.2, -0.15) is 0 Å². The SMILES string of the molecule is CCCCOCCOCCOCCC1(CN)CCOC1C. The topological polar surface area (TPSA) is 62.9 Å². The molecule has 126 valence electrons. The summed E-state index contributed by atoms with van der Waals surface area (Å²) in [5.41, 5.74) is 6.02. The Morgan fingerprint density at radius 2 is 1.67 bits per heavy atom. The maximum Gasteiger partial charge on any atom is 0.0701 e. The quantitative estimate of drug-likeness (QED) is 0.527. The molecule has 0 spiro atoms. The minimum Gasteiger partial charge on any atom is -0.379 e. The van der Waals surface area contributed by atoms with Gasteiger partial charge in [-0.1, -0.05) is 13.3 Å². The third-order valence-corrected chi connectivity index (χ3v) is 4.37. The van der Waals surface area contributed by atoms with E-state index in [1.54, 1.807) is 0 Å². The second kappa shape index (κ2) is 11.4. The van der Waals surface area contributed by atoms with Crippen LogP contribution < -0.4 is 5.73 Å². The molecule has 0 bridgehead atoms. The summed E-state index contributed by atoms with van der Waals surface area (Å²) in [6.07, 6.45) is 4.53. The molecule has 0 radical (unpaired) electrons. The molecule has 1 fully saturated rings. The van der Waals surface area contributed by atoms with E-state index in [2.05, 4.69) is 13.8 Å². The van der Waals surface area contributed by atoms with Gasteiger partial charge in [-0.15, -0.1) is 0 Å². The van der Waals surface area contributed by atoms with E-state index in [9.17, 15) is 0 Å². The van der Waals surface area contributed by atoms with Crippen LogP contribution in [0.2, 0.25) is 0 Å². The second-order valence-corrected chi connectivity index (χ2v) is 5.77. The molecule has 2 unspecified atom stereocenters. The van der Waals surface area contributed by atoms with Crippen LogP contribution in [0.1, 0.15) is 39.5 Å². The van der Waals surface area contributed by atoms with Gasteiger partial charge in [0.1, 0.15) is 0 Å². The summed E-state index contributed by atoms with van der Waals surface area (Å²) in [4.78, 5) is 0. The zero-order valence-electron chi connectivity index (χ0n) is 13.8. The van der Waals surface area contributed by atoms with Crippen molar-refractivity contribution in [2.24, 2.45) is 11.1 Å². The van der Waals surface area contributed by atoms with Gasteiger partial charge in [-0.05, 0) is 26.2 Å². The van der Waals surface area contributed by atoms with Crippen molar-refractivity contribution in [1.29, 1.82) is 0 Å². The Bertz CT molecular complexity index is 252. The van der Waals surface area contributed by atoms with E-state index in [-0.39, 0.29) is 11.5 Å². The molecule has 1 saturated heterocycles. The van der Waals surface area contributed by atoms with Crippen LogP contribution in [0, 0.1) is 5.41 Å². The van der Waals surface area contributed by atoms with Crippen molar-refractivity contribution < 1.29 is 18.9 Å². The number of nitrogens with two attached hydrogens (primary N) is 1. The fourth-order valence-corrected chi connectivity index (χ4v) is 2.58. The van der Waals surface area contributed by atoms with Crippen LogP contribution in [0.15, 0.2) is 0 Å². The predicted octanol–water partition coefficient (Wildman–Crippen LogP) is 1.98. The second-order valence-electron chi connectivity index (χ2n) is 5.77. The van der Waals surface area contributed by atoms with Gasteiger partial charge in [-0.25, -0.2) is 0 Å². The Morgan fingerprint density at radius 1 is 1.05 bits per heavy atom. The Labute approximate surface area is 129 Å². The number of ether oxygens (including phenoxy) is 4. The lowest BCUT2D eigenvalue weighted by Crippen LogP contribution is -2.37. The van der Waals surface area contributed by atoms with Crippen molar-refractivity contribution in [3.8, 4) is 0 Å². The highest BCUT2D eigenvalue weighted by molar-refractivity contribution is 4.90. The largest absolute Gasteiger partial charge is 0.379 e. The molecule has 1 aliphatic heterocycles. The Balaban J connectivity index is 1.90. The zero-order valence-corrected chi connectivity index (χ0v) is 13.8. The average molecular weight is 303 g/mol. The van der Waals surface area contributed by atoms with Crippen LogP contribution >= 0.6 is 0 Å². The maximum absolute atomic E-state index is 5.92. The van der Waals surface area contributed by atoms with Gasteiger partial charge >= 0.3 is 0 Å². The molecule has 2 N–H and O–H groups in total. The van der Waals surface area contributed by atoms with Gasteiger partial charge in [-0.3, -0.25) is 0 Å². The molecule has 21 heavy (non-hydrogen) atoms. The molecule has 0 aliphatic carbocycles. The number of rotatable bonds is 13. The first kappa shape index (κ1) is 18.8. The lowest BCUT2D eigenvalue weighted by Gasteiger charge is -2.30. The Kier molecular flexibility index (Phi) is 10.2. The van der Waals surface area contributed by atoms with Crippen LogP contribution in [0.5, 0.6) is 0 Å². The van der Waals surface area contributed by atoms with Gasteiger partial charge in [0, 0.05) is 31.8 Å². The molecule has 0 saturated carbocycles. The summed E-state index contributed by atoms with van der Waals surface area (Å²) in [6.45, 7) is 9.88. The molecule has 2 atom stereocenters. The Morgan fingerprint density at radius 3 is 2.19 bits per heavy atom. The molecule has 1 aliphatic rings. The van der Waals surface area contributed by atoms with Gasteiger partial charge in [0.05, 0.1) is 32.5 Å². The molecular formula is C16H33NO4. The van der Waals surface area contributed by atoms with Crippen molar-refractivity contribution in [1.82, 2.24) is 0 Å². The van der Waals surface area contributed by atoms with Crippen molar-refractivity contribution in [3.05, 3.63) is 0 Å². The van der Waals surface area contributed by atoms with E-state index >= 15 is 0 Å². The van der Waals surface area contributed by atoms with Crippen molar-refractivity contribution in [3.63, 3.8) is 0 Å². The van der Waals surface area contributed by atoms with Crippen LogP contribution in [0.4, 0.5) is 0 Å². The van der Waals surface area contributed by atoms with Crippen LogP contribution in [-0.4, -0.2) is 58.9 Å². The molecule has 1 heterocycles. The molecule has 0 aromatic heterocycles. The van der Waals surface area contributed by atoms with E-state index < -0.39 is 0 Å². The molecule has 5 heteroatoms. The summed E-state index contributed by atoms with van der Waals surface area (Å²) in [7, 11) is 0. The van der Waals surface area contributed by atoms with E-state index in [1.807, 2.05) is 0 Å². The van der Waals surface area contributed by atoms with Gasteiger partial charge < -0.3 is 24.7 Å². The highest BCUT2D eigenvalue weighted by atomic mass is 16.5. The Hall–Kier alpha value is -0.200. The predicted molar refractivity (Wildman–Crippen MR) is 83.5 cm³/mol. The van der Waals surface area contributed by atoms with Crippen LogP contribution in [0.25, 0.3) is 0 Å². The minimum absolute atomic E-state index is 0.105. The number of hydrogen-bond donors (Lipinski definition) is 1. The van der Waals surface area contributed by atoms with E-state index in [0.29, 0.717) is 33.0 Å². The summed E-state index contributed by atoms with van der Waals surface area (Å²) in [5.74, 6) is 0. The zero-order chi connectivity index (χ0) is 15.4. The maximum atomic E-state index is 5.92. The lowest BCUT2D eigenvalue weighted by atomic mass is 9.79. The number of unbranched alkanes of at least 4 members (excludes halogenated alkanes) is 1. The van der Waals surface area contributed by atoms with E-state index in [1.165, 1.54) is 6.42 Å². The normalized spacial score (nSPS) is 25.6. The van der Waals surface area contributed by atoms with Crippen molar-refractivity contribution in [2.75, 3.05) is 52.8 Å². The monoisotopic (exact) mass is 303 g/mol. The first-order chi connectivity index (χ1) is 10.2. The number of hydrogen-bond acceptors (Lipinski definition) is 5. The standard InChI is InChI=1S/C16H33NO4/c1-3-4-7-18-10-12-20-13-11-19-8-5-16(14-17)6-9-21-15(16)2/h15H,3-14,17H2,1-2H3. The lowest BCUT2D eigenvalue weighted by molar-refractivity contribution is 0.000609. The van der Waals surface area contributed by atoms with Crippen LogP contribution in [-0.2, 0) is 18.9 Å². The van der Waals surface area contributed by atoms with Crippen molar-refractivity contribution in [2.45, 2.75) is 45.6 Å². The van der Waals surface area contributed by atoms with E-state index in [0.717, 1.165) is 39.1 Å². The smallest absolute Gasteiger partial charge is 0.0701 e. The average Bonchev–Trinajstić information content (AvgIpc) is 2.86. The molecule has 0 aromatic rings. The summed E-state index contributed by atoms with van der Waals surface area (Å²) in [6, 6.07) is 0. The van der Waals surface area contributed by atoms with Crippen molar-refractivity contribution >= 4 is 0 Å².